The van der Waals surface area contributed by atoms with Crippen molar-refractivity contribution in [2.75, 3.05) is 6.54 Å². The van der Waals surface area contributed by atoms with E-state index in [-0.39, 0.29) is 5.92 Å². The van der Waals surface area contributed by atoms with E-state index in [0.29, 0.717) is 17.9 Å². The summed E-state index contributed by atoms with van der Waals surface area (Å²) in [7, 11) is -3.48. The van der Waals surface area contributed by atoms with Crippen LogP contribution in [0, 0.1) is 0 Å². The fourth-order valence-electron chi connectivity index (χ4n) is 2.14. The predicted molar refractivity (Wildman–Crippen MR) is 83.7 cm³/mol. The van der Waals surface area contributed by atoms with Gasteiger partial charge >= 0.3 is 0 Å². The summed E-state index contributed by atoms with van der Waals surface area (Å²) in [6, 6.07) is 12.7. The molecular formula is C16H20N2O2S. The Morgan fingerprint density at radius 1 is 1.10 bits per heavy atom. The van der Waals surface area contributed by atoms with Crippen LogP contribution >= 0.6 is 0 Å². The van der Waals surface area contributed by atoms with Crippen LogP contribution in [0.1, 0.15) is 31.0 Å². The number of nitrogens with zero attached hydrogens (tertiary/aromatic N) is 1. The van der Waals surface area contributed by atoms with Gasteiger partial charge in [0.25, 0.3) is 0 Å². The average Bonchev–Trinajstić information content (AvgIpc) is 2.48. The average molecular weight is 304 g/mol. The standard InChI is InChI=1S/C16H20N2O2S/c1-13(2)15-8-3-4-9-16(15)21(19,20)18-12-10-14-7-5-6-11-17-14/h3-9,11,13,18H,10,12H2,1-2H3. The maximum absolute atomic E-state index is 12.4. The summed E-state index contributed by atoms with van der Waals surface area (Å²) in [4.78, 5) is 4.54. The Morgan fingerprint density at radius 2 is 1.81 bits per heavy atom. The molecule has 112 valence electrons. The molecule has 0 unspecified atom stereocenters. The molecule has 4 nitrogen and oxygen atoms in total. The van der Waals surface area contributed by atoms with E-state index in [4.69, 9.17) is 0 Å². The molecule has 21 heavy (non-hydrogen) atoms. The number of nitrogens with one attached hydrogen (secondary N) is 1. The highest BCUT2D eigenvalue weighted by molar-refractivity contribution is 7.89. The molecule has 0 radical (unpaired) electrons. The molecule has 0 fully saturated rings. The molecule has 0 atom stereocenters. The van der Waals surface area contributed by atoms with E-state index in [1.807, 2.05) is 44.2 Å². The Balaban J connectivity index is 2.09. The van der Waals surface area contributed by atoms with Crippen LogP contribution in [0.3, 0.4) is 0 Å². The number of benzene rings is 1. The molecular weight excluding hydrogens is 284 g/mol. The van der Waals surface area contributed by atoms with Crippen molar-refractivity contribution >= 4 is 10.0 Å². The normalized spacial score (nSPS) is 11.8. The maximum Gasteiger partial charge on any atom is 0.240 e. The van der Waals surface area contributed by atoms with E-state index in [1.54, 1.807) is 18.3 Å². The number of pyridine rings is 1. The van der Waals surface area contributed by atoms with Gasteiger partial charge < -0.3 is 0 Å². The Labute approximate surface area is 126 Å². The highest BCUT2D eigenvalue weighted by Gasteiger charge is 2.18. The molecule has 1 aromatic carbocycles. The minimum atomic E-state index is -3.48. The number of aromatic nitrogens is 1. The van der Waals surface area contributed by atoms with E-state index >= 15 is 0 Å². The van der Waals surface area contributed by atoms with Crippen LogP contribution in [0.25, 0.3) is 0 Å². The third kappa shape index (κ3) is 4.12. The van der Waals surface area contributed by atoms with Crippen LogP contribution < -0.4 is 4.72 Å². The number of rotatable bonds is 6. The van der Waals surface area contributed by atoms with Gasteiger partial charge in [0.1, 0.15) is 0 Å². The molecule has 2 aromatic rings. The first-order chi connectivity index (χ1) is 10.0. The van der Waals surface area contributed by atoms with E-state index in [2.05, 4.69) is 9.71 Å². The van der Waals surface area contributed by atoms with Crippen LogP contribution in [-0.4, -0.2) is 19.9 Å². The fraction of sp³-hybridized carbons (Fsp3) is 0.312. The third-order valence-corrected chi connectivity index (χ3v) is 4.76. The van der Waals surface area contributed by atoms with Crippen molar-refractivity contribution in [3.05, 3.63) is 59.9 Å². The Morgan fingerprint density at radius 3 is 2.48 bits per heavy atom. The van der Waals surface area contributed by atoms with Gasteiger partial charge in [0.2, 0.25) is 10.0 Å². The molecule has 0 bridgehead atoms. The molecule has 2 rings (SSSR count). The minimum Gasteiger partial charge on any atom is -0.261 e. The van der Waals surface area contributed by atoms with Crippen molar-refractivity contribution in [1.82, 2.24) is 9.71 Å². The minimum absolute atomic E-state index is 0.161. The number of sulfonamides is 1. The van der Waals surface area contributed by atoms with Gasteiger partial charge in [0.15, 0.2) is 0 Å². The molecule has 1 heterocycles. The monoisotopic (exact) mass is 304 g/mol. The molecule has 0 saturated heterocycles. The van der Waals surface area contributed by atoms with Crippen molar-refractivity contribution in [2.45, 2.75) is 31.1 Å². The Kier molecular flexibility index (Phi) is 5.09. The molecule has 5 heteroatoms. The molecule has 0 amide bonds. The van der Waals surface area contributed by atoms with Gasteiger partial charge in [-0.1, -0.05) is 38.1 Å². The van der Waals surface area contributed by atoms with Crippen molar-refractivity contribution < 1.29 is 8.42 Å². The van der Waals surface area contributed by atoms with Gasteiger partial charge in [-0.25, -0.2) is 13.1 Å². The van der Waals surface area contributed by atoms with Gasteiger partial charge in [-0.3, -0.25) is 4.98 Å². The van der Waals surface area contributed by atoms with Crippen molar-refractivity contribution in [2.24, 2.45) is 0 Å². The van der Waals surface area contributed by atoms with Crippen molar-refractivity contribution in [3.63, 3.8) is 0 Å². The van der Waals surface area contributed by atoms with Gasteiger partial charge in [-0.15, -0.1) is 0 Å². The molecule has 0 aliphatic rings. The second-order valence-corrected chi connectivity index (χ2v) is 6.90. The van der Waals surface area contributed by atoms with E-state index in [1.165, 1.54) is 0 Å². The second kappa shape index (κ2) is 6.83. The zero-order valence-electron chi connectivity index (χ0n) is 12.3. The van der Waals surface area contributed by atoms with Crippen LogP contribution in [0.15, 0.2) is 53.6 Å². The number of hydrogen-bond acceptors (Lipinski definition) is 3. The van der Waals surface area contributed by atoms with E-state index in [0.717, 1.165) is 11.3 Å². The fourth-order valence-corrected chi connectivity index (χ4v) is 3.54. The first-order valence-corrected chi connectivity index (χ1v) is 8.47. The summed E-state index contributed by atoms with van der Waals surface area (Å²) in [5, 5.41) is 0. The van der Waals surface area contributed by atoms with Crippen molar-refractivity contribution in [3.8, 4) is 0 Å². The lowest BCUT2D eigenvalue weighted by Crippen LogP contribution is -2.27. The Bertz CT molecular complexity index is 682. The summed E-state index contributed by atoms with van der Waals surface area (Å²) in [6.07, 6.45) is 2.28. The summed E-state index contributed by atoms with van der Waals surface area (Å²) < 4.78 is 27.5. The molecule has 1 N–H and O–H groups in total. The molecule has 0 spiro atoms. The SMILES string of the molecule is CC(C)c1ccccc1S(=O)(=O)NCCc1ccccn1. The van der Waals surface area contributed by atoms with Gasteiger partial charge in [0, 0.05) is 24.9 Å². The first kappa shape index (κ1) is 15.7. The van der Waals surface area contributed by atoms with Gasteiger partial charge in [-0.2, -0.15) is 0 Å². The van der Waals surface area contributed by atoms with Gasteiger partial charge in [0.05, 0.1) is 4.90 Å². The molecule has 0 saturated carbocycles. The number of hydrogen-bond donors (Lipinski definition) is 1. The molecule has 0 aliphatic heterocycles. The van der Waals surface area contributed by atoms with Crippen LogP contribution in [0.4, 0.5) is 0 Å². The zero-order valence-corrected chi connectivity index (χ0v) is 13.1. The predicted octanol–water partition coefficient (Wildman–Crippen LogP) is 2.73. The highest BCUT2D eigenvalue weighted by Crippen LogP contribution is 2.23. The smallest absolute Gasteiger partial charge is 0.240 e. The maximum atomic E-state index is 12.4. The Hall–Kier alpha value is -1.72. The van der Waals surface area contributed by atoms with Crippen LogP contribution in [0.2, 0.25) is 0 Å². The lowest BCUT2D eigenvalue weighted by Gasteiger charge is -2.13. The highest BCUT2D eigenvalue weighted by atomic mass is 32.2. The van der Waals surface area contributed by atoms with Crippen molar-refractivity contribution in [1.29, 1.82) is 0 Å². The lowest BCUT2D eigenvalue weighted by molar-refractivity contribution is 0.579. The topological polar surface area (TPSA) is 59.1 Å². The van der Waals surface area contributed by atoms with Gasteiger partial charge in [-0.05, 0) is 29.7 Å². The third-order valence-electron chi connectivity index (χ3n) is 3.23. The summed E-state index contributed by atoms with van der Waals surface area (Å²) in [5.41, 5.74) is 1.71. The largest absolute Gasteiger partial charge is 0.261 e. The first-order valence-electron chi connectivity index (χ1n) is 6.99. The quantitative estimate of drug-likeness (QED) is 0.892. The van der Waals surface area contributed by atoms with E-state index < -0.39 is 10.0 Å². The lowest BCUT2D eigenvalue weighted by atomic mass is 10.0. The van der Waals surface area contributed by atoms with Crippen LogP contribution in [-0.2, 0) is 16.4 Å². The van der Waals surface area contributed by atoms with E-state index in [9.17, 15) is 8.42 Å². The summed E-state index contributed by atoms with van der Waals surface area (Å²) in [5.74, 6) is 0.161. The molecule has 0 aliphatic carbocycles. The summed E-state index contributed by atoms with van der Waals surface area (Å²) in [6.45, 7) is 4.32. The summed E-state index contributed by atoms with van der Waals surface area (Å²) >= 11 is 0. The zero-order chi connectivity index (χ0) is 15.3. The molecule has 1 aromatic heterocycles. The second-order valence-electron chi connectivity index (χ2n) is 5.16. The van der Waals surface area contributed by atoms with Crippen LogP contribution in [0.5, 0.6) is 0 Å².